The van der Waals surface area contributed by atoms with E-state index in [9.17, 15) is 28.8 Å². The average Bonchev–Trinajstić information content (AvgIpc) is 3.75. The molecule has 2 aliphatic heterocycles. The largest absolute Gasteiger partial charge is 0.368 e. The molecule has 0 saturated carbocycles. The lowest BCUT2D eigenvalue weighted by molar-refractivity contribution is -0.132. The van der Waals surface area contributed by atoms with Gasteiger partial charge in [-0.25, -0.2) is 0 Å². The Balaban J connectivity index is 0.000000414. The third-order valence-corrected chi connectivity index (χ3v) is 10.3. The topological polar surface area (TPSA) is 189 Å². The van der Waals surface area contributed by atoms with Gasteiger partial charge in [0.25, 0.3) is 0 Å². The van der Waals surface area contributed by atoms with Crippen LogP contribution in [0.5, 0.6) is 0 Å². The predicted molar refractivity (Wildman–Crippen MR) is 225 cm³/mol. The zero-order chi connectivity index (χ0) is 41.3. The summed E-state index contributed by atoms with van der Waals surface area (Å²) in [6, 6.07) is 35.6. The molecule has 0 fully saturated rings. The average molecular weight is 801 g/mol. The molecule has 12 nitrogen and oxygen atoms in total. The first kappa shape index (κ1) is 42.5. The van der Waals surface area contributed by atoms with E-state index in [1.54, 1.807) is 24.3 Å². The number of hydrogen-bond acceptors (Lipinski definition) is 7. The number of amides is 6. The van der Waals surface area contributed by atoms with Crippen LogP contribution >= 0.6 is 11.3 Å². The number of thiophene rings is 1. The maximum atomic E-state index is 13.4. The van der Waals surface area contributed by atoms with Gasteiger partial charge < -0.3 is 32.3 Å². The van der Waals surface area contributed by atoms with E-state index in [4.69, 9.17) is 5.73 Å². The lowest BCUT2D eigenvalue weighted by atomic mass is 10.0. The van der Waals surface area contributed by atoms with Crippen LogP contribution in [0, 0.1) is 6.92 Å². The number of primary amides is 1. The molecule has 7 N–H and O–H groups in total. The third kappa shape index (κ3) is 13.9. The second-order valence-electron chi connectivity index (χ2n) is 13.9. The van der Waals surface area contributed by atoms with Gasteiger partial charge in [-0.15, -0.1) is 11.3 Å². The van der Waals surface area contributed by atoms with Crippen LogP contribution in [0.1, 0.15) is 40.8 Å². The maximum absolute atomic E-state index is 13.4. The minimum Gasteiger partial charge on any atom is -0.368 e. The number of aryl methyl sites for hydroxylation is 2. The summed E-state index contributed by atoms with van der Waals surface area (Å²) >= 11 is 1.41. The zero-order valence-electron chi connectivity index (χ0n) is 32.2. The second kappa shape index (κ2) is 21.6. The molecule has 0 saturated heterocycles. The van der Waals surface area contributed by atoms with E-state index in [1.807, 2.05) is 53.9 Å². The summed E-state index contributed by atoms with van der Waals surface area (Å²) in [5.41, 5.74) is 11.6. The summed E-state index contributed by atoms with van der Waals surface area (Å²) in [4.78, 5) is 78.0. The summed E-state index contributed by atoms with van der Waals surface area (Å²) in [5.74, 6) is -3.49. The quantitative estimate of drug-likeness (QED) is 0.130. The van der Waals surface area contributed by atoms with Gasteiger partial charge in [0, 0.05) is 36.2 Å². The van der Waals surface area contributed by atoms with Crippen LogP contribution in [0.25, 0.3) is 11.1 Å². The molecule has 4 aromatic carbocycles. The Kier molecular flexibility index (Phi) is 15.9. The highest BCUT2D eigenvalue weighted by molar-refractivity contribution is 7.09. The van der Waals surface area contributed by atoms with Crippen molar-refractivity contribution in [2.24, 2.45) is 5.73 Å². The van der Waals surface area contributed by atoms with E-state index >= 15 is 0 Å². The molecule has 13 heteroatoms. The molecule has 5 aromatic rings. The van der Waals surface area contributed by atoms with Crippen LogP contribution in [0.4, 0.5) is 5.69 Å². The van der Waals surface area contributed by atoms with E-state index in [0.717, 1.165) is 10.4 Å². The van der Waals surface area contributed by atoms with Crippen molar-refractivity contribution in [3.05, 3.63) is 148 Å². The molecule has 7 rings (SSSR count). The van der Waals surface area contributed by atoms with Gasteiger partial charge in [0.1, 0.15) is 18.1 Å². The fourth-order valence-corrected chi connectivity index (χ4v) is 6.90. The molecule has 1 aromatic heterocycles. The number of hydrogen-bond donors (Lipinski definition) is 6. The van der Waals surface area contributed by atoms with Gasteiger partial charge in [-0.05, 0) is 65.6 Å². The van der Waals surface area contributed by atoms with E-state index < -0.39 is 60.1 Å². The van der Waals surface area contributed by atoms with Crippen LogP contribution in [0.2, 0.25) is 0 Å². The number of nitrogens with one attached hydrogen (secondary N) is 5. The van der Waals surface area contributed by atoms with Gasteiger partial charge in [0.05, 0.1) is 6.54 Å². The molecule has 0 spiro atoms. The highest BCUT2D eigenvalue weighted by atomic mass is 32.1. The lowest BCUT2D eigenvalue weighted by Crippen LogP contribution is -2.55. The third-order valence-electron chi connectivity index (χ3n) is 9.35. The molecule has 300 valence electrons. The maximum Gasteiger partial charge on any atom is 0.243 e. The van der Waals surface area contributed by atoms with Crippen LogP contribution in [0.15, 0.2) is 127 Å². The van der Waals surface area contributed by atoms with Gasteiger partial charge in [0.2, 0.25) is 35.4 Å². The number of fused-ring (bicyclic) bond motifs is 18. The van der Waals surface area contributed by atoms with Crippen molar-refractivity contribution < 1.29 is 28.8 Å². The smallest absolute Gasteiger partial charge is 0.243 e. The fourth-order valence-electron chi connectivity index (χ4n) is 6.15. The Morgan fingerprint density at radius 1 is 0.672 bits per heavy atom. The van der Waals surface area contributed by atoms with E-state index in [2.05, 4.69) is 82.0 Å². The fraction of sp³-hybridized carbons (Fsp3) is 0.244. The Morgan fingerprint density at radius 2 is 1.31 bits per heavy atom. The Bertz CT molecular complexity index is 2130. The summed E-state index contributed by atoms with van der Waals surface area (Å²) in [7, 11) is 0. The number of rotatable bonds is 7. The Morgan fingerprint density at radius 3 is 1.97 bits per heavy atom. The van der Waals surface area contributed by atoms with Crippen LogP contribution in [0.3, 0.4) is 0 Å². The number of anilines is 1. The highest BCUT2D eigenvalue weighted by Crippen LogP contribution is 2.19. The Hall–Kier alpha value is -6.60. The number of carbonyl (C=O) groups is 6. The minimum atomic E-state index is -1.07. The van der Waals surface area contributed by atoms with E-state index in [-0.39, 0.29) is 32.1 Å². The van der Waals surface area contributed by atoms with Gasteiger partial charge in [-0.2, -0.15) is 0 Å². The van der Waals surface area contributed by atoms with Gasteiger partial charge in [-0.1, -0.05) is 109 Å². The molecule has 58 heavy (non-hydrogen) atoms. The van der Waals surface area contributed by atoms with Crippen molar-refractivity contribution in [1.82, 2.24) is 21.3 Å². The van der Waals surface area contributed by atoms with E-state index in [1.165, 1.54) is 28.0 Å². The van der Waals surface area contributed by atoms with Crippen LogP contribution in [-0.4, -0.2) is 60.1 Å². The molecular weight excluding hydrogens is 753 g/mol. The molecular formula is C45H48N6O6S. The first-order chi connectivity index (χ1) is 28.0. The standard InChI is InChI=1S/C32H36N6O6S.C13H12/c33-30(42)25-17-21-8-11-22(12-9-21)35-27(39)14-15-28(40)37-26(18-23-7-4-16-45-23)31(43)34-19-29(41)36-24(32(44)38-25)13-10-20-5-2-1-3-6-20;1-11-7-9-13(10-8-11)12-5-3-2-4-6-12/h1-9,11-12,16,24-26H,10,13-15,17-19H2,(H2,33,42)(H,34,43)(H,35,39)(H,36,41)(H,37,40)(H,38,44);2-10H,1H3/t24-,25+,26-;/m1./s1. The zero-order valence-corrected chi connectivity index (χ0v) is 33.1. The van der Waals surface area contributed by atoms with E-state index in [0.29, 0.717) is 17.7 Å². The first-order valence-corrected chi connectivity index (χ1v) is 19.9. The van der Waals surface area contributed by atoms with Crippen LogP contribution in [-0.2, 0) is 48.0 Å². The van der Waals surface area contributed by atoms with Crippen molar-refractivity contribution in [3.8, 4) is 11.1 Å². The summed E-state index contributed by atoms with van der Waals surface area (Å²) in [5, 5.41) is 15.1. The first-order valence-electron chi connectivity index (χ1n) is 19.1. The number of nitrogens with two attached hydrogens (primary N) is 1. The normalized spacial score (nSPS) is 18.2. The summed E-state index contributed by atoms with van der Waals surface area (Å²) < 4.78 is 0. The molecule has 0 unspecified atom stereocenters. The molecule has 2 bridgehead atoms. The van der Waals surface area contributed by atoms with Crippen molar-refractivity contribution in [3.63, 3.8) is 0 Å². The van der Waals surface area contributed by atoms with Crippen LogP contribution < -0.4 is 32.3 Å². The van der Waals surface area contributed by atoms with Crippen molar-refractivity contribution in [2.75, 3.05) is 11.9 Å². The molecule has 6 amide bonds. The van der Waals surface area contributed by atoms with Crippen molar-refractivity contribution in [2.45, 2.75) is 63.6 Å². The molecule has 2 aliphatic rings. The summed E-state index contributed by atoms with van der Waals surface area (Å²) in [6.07, 6.45) is 0.656. The summed E-state index contributed by atoms with van der Waals surface area (Å²) in [6.45, 7) is 1.65. The van der Waals surface area contributed by atoms with Crippen molar-refractivity contribution >= 4 is 52.5 Å². The molecule has 3 atom stereocenters. The number of benzene rings is 4. The highest BCUT2D eigenvalue weighted by Gasteiger charge is 2.27. The number of carbonyl (C=O) groups excluding carboxylic acids is 6. The van der Waals surface area contributed by atoms with Gasteiger partial charge >= 0.3 is 0 Å². The SMILES string of the molecule is Cc1ccc(-c2ccccc2)cc1.NC(=O)[C@@H]1Cc2ccc(cc2)NC(=O)CCC(=O)N[C@H](Cc2cccs2)C(=O)NCC(=O)N[C@H](CCc2ccccc2)C(=O)N1. The molecule has 0 radical (unpaired) electrons. The Labute approximate surface area is 342 Å². The monoisotopic (exact) mass is 800 g/mol. The molecule has 0 aliphatic carbocycles. The van der Waals surface area contributed by atoms with Gasteiger partial charge in [-0.3, -0.25) is 28.8 Å². The lowest BCUT2D eigenvalue weighted by Gasteiger charge is -2.23. The predicted octanol–water partition coefficient (Wildman–Crippen LogP) is 4.62. The second-order valence-corrected chi connectivity index (χ2v) is 14.9. The minimum absolute atomic E-state index is 0.0799. The molecule has 3 heterocycles. The van der Waals surface area contributed by atoms with Gasteiger partial charge in [0.15, 0.2) is 0 Å². The van der Waals surface area contributed by atoms with Crippen molar-refractivity contribution in [1.29, 1.82) is 0 Å².